The Morgan fingerprint density at radius 3 is 2.94 bits per heavy atom. The number of hydrogen-bond donors (Lipinski definition) is 1. The third kappa shape index (κ3) is 1.78. The predicted molar refractivity (Wildman–Crippen MR) is 65.7 cm³/mol. The van der Waals surface area contributed by atoms with E-state index < -0.39 is 0 Å². The van der Waals surface area contributed by atoms with E-state index in [0.717, 1.165) is 12.2 Å². The Balaban J connectivity index is 1.98. The van der Waals surface area contributed by atoms with Gasteiger partial charge in [-0.2, -0.15) is 4.98 Å². The van der Waals surface area contributed by atoms with Crippen molar-refractivity contribution < 1.29 is 4.52 Å². The molecule has 3 rings (SSSR count). The van der Waals surface area contributed by atoms with Crippen molar-refractivity contribution in [3.8, 4) is 11.5 Å². The fraction of sp³-hybridized carbons (Fsp3) is 0.333. The molecule has 2 N–H and O–H groups in total. The van der Waals surface area contributed by atoms with E-state index in [2.05, 4.69) is 17.1 Å². The maximum absolute atomic E-state index is 5.95. The first-order valence-electron chi connectivity index (χ1n) is 5.55. The van der Waals surface area contributed by atoms with Crippen LogP contribution in [0.2, 0.25) is 5.02 Å². The molecule has 0 aliphatic heterocycles. The minimum Gasteiger partial charge on any atom is -0.397 e. The zero-order valence-electron chi connectivity index (χ0n) is 9.35. The average molecular weight is 250 g/mol. The fourth-order valence-electron chi connectivity index (χ4n) is 1.90. The van der Waals surface area contributed by atoms with E-state index in [-0.39, 0.29) is 0 Å². The van der Waals surface area contributed by atoms with Crippen molar-refractivity contribution >= 4 is 17.3 Å². The maximum Gasteiger partial charge on any atom is 0.260 e. The highest BCUT2D eigenvalue weighted by Crippen LogP contribution is 2.46. The summed E-state index contributed by atoms with van der Waals surface area (Å²) in [5.41, 5.74) is 7.06. The third-order valence-corrected chi connectivity index (χ3v) is 3.50. The van der Waals surface area contributed by atoms with Crippen LogP contribution < -0.4 is 5.73 Å². The molecule has 17 heavy (non-hydrogen) atoms. The first-order valence-corrected chi connectivity index (χ1v) is 5.92. The van der Waals surface area contributed by atoms with E-state index in [1.807, 2.05) is 12.1 Å². The monoisotopic (exact) mass is 249 g/mol. The van der Waals surface area contributed by atoms with Crippen LogP contribution in [0.15, 0.2) is 22.7 Å². The summed E-state index contributed by atoms with van der Waals surface area (Å²) in [5, 5.41) is 4.49. The Morgan fingerprint density at radius 2 is 2.24 bits per heavy atom. The largest absolute Gasteiger partial charge is 0.397 e. The summed E-state index contributed by atoms with van der Waals surface area (Å²) < 4.78 is 5.24. The third-order valence-electron chi connectivity index (χ3n) is 3.17. The minimum atomic E-state index is 0.438. The predicted octanol–water partition coefficient (Wildman–Crippen LogP) is 3.10. The summed E-state index contributed by atoms with van der Waals surface area (Å²) in [4.78, 5) is 4.38. The molecular formula is C12H12ClN3O. The van der Waals surface area contributed by atoms with Crippen LogP contribution in [0, 0.1) is 5.92 Å². The quantitative estimate of drug-likeness (QED) is 0.831. The fourth-order valence-corrected chi connectivity index (χ4v) is 2.07. The number of aromatic nitrogens is 2. The number of hydrogen-bond acceptors (Lipinski definition) is 4. The Hall–Kier alpha value is -1.55. The van der Waals surface area contributed by atoms with Gasteiger partial charge < -0.3 is 10.3 Å². The van der Waals surface area contributed by atoms with Crippen molar-refractivity contribution in [2.24, 2.45) is 5.92 Å². The molecule has 0 amide bonds. The molecule has 1 aromatic carbocycles. The molecule has 1 aromatic heterocycles. The molecule has 1 aliphatic rings. The maximum atomic E-state index is 5.95. The average Bonchev–Trinajstić information content (AvgIpc) is 2.86. The van der Waals surface area contributed by atoms with Gasteiger partial charge in [-0.3, -0.25) is 0 Å². The van der Waals surface area contributed by atoms with Crippen molar-refractivity contribution in [1.29, 1.82) is 0 Å². The van der Waals surface area contributed by atoms with Gasteiger partial charge in [-0.25, -0.2) is 0 Å². The van der Waals surface area contributed by atoms with Gasteiger partial charge in [0, 0.05) is 5.92 Å². The number of nitrogens with zero attached hydrogens (tertiary/aromatic N) is 2. The summed E-state index contributed by atoms with van der Waals surface area (Å²) in [7, 11) is 0. The number of halogens is 1. The van der Waals surface area contributed by atoms with Crippen LogP contribution in [-0.2, 0) is 0 Å². The van der Waals surface area contributed by atoms with Crippen molar-refractivity contribution in [2.75, 3.05) is 5.73 Å². The van der Waals surface area contributed by atoms with E-state index in [9.17, 15) is 0 Å². The Bertz CT molecular complexity index is 567. The SMILES string of the molecule is CC1CC1c1noc(-c2cccc(Cl)c2N)n1. The minimum absolute atomic E-state index is 0.438. The number of nitrogens with two attached hydrogens (primary N) is 1. The van der Waals surface area contributed by atoms with Gasteiger partial charge in [0.25, 0.3) is 5.89 Å². The molecule has 1 fully saturated rings. The normalized spacial score (nSPS) is 22.7. The molecule has 0 bridgehead atoms. The van der Waals surface area contributed by atoms with Crippen molar-refractivity contribution in [3.63, 3.8) is 0 Å². The lowest BCUT2D eigenvalue weighted by molar-refractivity contribution is 0.422. The van der Waals surface area contributed by atoms with Gasteiger partial charge >= 0.3 is 0 Å². The van der Waals surface area contributed by atoms with Gasteiger partial charge in [0.2, 0.25) is 0 Å². The molecule has 1 saturated carbocycles. The second-order valence-electron chi connectivity index (χ2n) is 4.48. The molecular weight excluding hydrogens is 238 g/mol. The molecule has 0 spiro atoms. The summed E-state index contributed by atoms with van der Waals surface area (Å²) in [6.45, 7) is 2.18. The highest BCUT2D eigenvalue weighted by atomic mass is 35.5. The Labute approximate surface area is 104 Å². The van der Waals surface area contributed by atoms with Crippen LogP contribution >= 0.6 is 11.6 Å². The highest BCUT2D eigenvalue weighted by molar-refractivity contribution is 6.33. The van der Waals surface area contributed by atoms with Crippen LogP contribution in [0.25, 0.3) is 11.5 Å². The van der Waals surface area contributed by atoms with Crippen molar-refractivity contribution in [3.05, 3.63) is 29.0 Å². The van der Waals surface area contributed by atoms with Crippen LogP contribution in [0.4, 0.5) is 5.69 Å². The summed E-state index contributed by atoms with van der Waals surface area (Å²) >= 11 is 5.95. The smallest absolute Gasteiger partial charge is 0.260 e. The lowest BCUT2D eigenvalue weighted by Gasteiger charge is -2.01. The number of anilines is 1. The van der Waals surface area contributed by atoms with Crippen LogP contribution in [0.1, 0.15) is 25.1 Å². The van der Waals surface area contributed by atoms with E-state index >= 15 is 0 Å². The van der Waals surface area contributed by atoms with Crippen LogP contribution in [0.3, 0.4) is 0 Å². The van der Waals surface area contributed by atoms with E-state index in [4.69, 9.17) is 21.9 Å². The zero-order chi connectivity index (χ0) is 12.0. The molecule has 0 radical (unpaired) electrons. The molecule has 2 atom stereocenters. The van der Waals surface area contributed by atoms with E-state index in [1.54, 1.807) is 6.07 Å². The molecule has 4 nitrogen and oxygen atoms in total. The van der Waals surface area contributed by atoms with E-state index in [1.165, 1.54) is 0 Å². The summed E-state index contributed by atoms with van der Waals surface area (Å²) in [6.07, 6.45) is 1.13. The molecule has 2 unspecified atom stereocenters. The highest BCUT2D eigenvalue weighted by Gasteiger charge is 2.38. The Kier molecular flexibility index (Phi) is 2.33. The number of benzene rings is 1. The Morgan fingerprint density at radius 1 is 1.47 bits per heavy atom. The first-order chi connectivity index (χ1) is 8.16. The number of nitrogen functional groups attached to an aromatic ring is 1. The summed E-state index contributed by atoms with van der Waals surface area (Å²) in [6, 6.07) is 5.38. The molecule has 2 aromatic rings. The summed E-state index contributed by atoms with van der Waals surface area (Å²) in [5.74, 6) is 2.30. The first kappa shape index (κ1) is 10.6. The van der Waals surface area contributed by atoms with Crippen molar-refractivity contribution in [2.45, 2.75) is 19.3 Å². The van der Waals surface area contributed by atoms with E-state index in [0.29, 0.717) is 34.0 Å². The van der Waals surface area contributed by atoms with Gasteiger partial charge in [0.15, 0.2) is 5.82 Å². The van der Waals surface area contributed by atoms with Gasteiger partial charge in [-0.15, -0.1) is 0 Å². The lowest BCUT2D eigenvalue weighted by atomic mass is 10.2. The molecule has 1 heterocycles. The van der Waals surface area contributed by atoms with Crippen LogP contribution in [0.5, 0.6) is 0 Å². The molecule has 88 valence electrons. The van der Waals surface area contributed by atoms with Crippen LogP contribution in [-0.4, -0.2) is 10.1 Å². The van der Waals surface area contributed by atoms with Gasteiger partial charge in [0.05, 0.1) is 16.3 Å². The molecule has 1 aliphatic carbocycles. The molecule has 0 saturated heterocycles. The van der Waals surface area contributed by atoms with Gasteiger partial charge in [-0.05, 0) is 24.5 Å². The topological polar surface area (TPSA) is 64.9 Å². The van der Waals surface area contributed by atoms with Gasteiger partial charge in [0.1, 0.15) is 0 Å². The zero-order valence-corrected chi connectivity index (χ0v) is 10.1. The lowest BCUT2D eigenvalue weighted by Crippen LogP contribution is -1.91. The number of para-hydroxylation sites is 1. The van der Waals surface area contributed by atoms with Gasteiger partial charge in [-0.1, -0.05) is 29.7 Å². The number of rotatable bonds is 2. The second-order valence-corrected chi connectivity index (χ2v) is 4.89. The molecule has 5 heteroatoms. The standard InChI is InChI=1S/C12H12ClN3O/c1-6-5-8(6)11-15-12(17-16-11)7-3-2-4-9(13)10(7)14/h2-4,6,8H,5,14H2,1H3. The second kappa shape index (κ2) is 3.74. The van der Waals surface area contributed by atoms with Crippen molar-refractivity contribution in [1.82, 2.24) is 10.1 Å².